The Labute approximate surface area is 175 Å². The number of benzene rings is 1. The molecule has 1 heterocycles. The number of nitrogens with one attached hydrogen (secondary N) is 3. The molecule has 0 atom stereocenters. The zero-order valence-electron chi connectivity index (χ0n) is 16.7. The van der Waals surface area contributed by atoms with Crippen molar-refractivity contribution in [2.75, 3.05) is 16.0 Å². The summed E-state index contributed by atoms with van der Waals surface area (Å²) in [6, 6.07) is 10.6. The number of hydrogen-bond donors (Lipinski definition) is 4. The van der Waals surface area contributed by atoms with E-state index in [1.807, 2.05) is 0 Å². The molecule has 4 N–H and O–H groups in total. The molecule has 0 spiro atoms. The normalized spacial score (nSPS) is 14.0. The predicted molar refractivity (Wildman–Crippen MR) is 115 cm³/mol. The molecule has 30 heavy (non-hydrogen) atoms. The molecule has 0 radical (unpaired) electrons. The van der Waals surface area contributed by atoms with E-state index in [1.54, 1.807) is 42.6 Å². The molecule has 1 aliphatic carbocycles. The second-order valence-electron chi connectivity index (χ2n) is 7.35. The number of amides is 2. The Morgan fingerprint density at radius 2 is 1.80 bits per heavy atom. The molecule has 1 fully saturated rings. The van der Waals surface area contributed by atoms with Crippen molar-refractivity contribution >= 4 is 35.0 Å². The molecular weight excluding hydrogens is 384 g/mol. The summed E-state index contributed by atoms with van der Waals surface area (Å²) >= 11 is 0. The first-order valence-electron chi connectivity index (χ1n) is 10.2. The van der Waals surface area contributed by atoms with Gasteiger partial charge in [-0.25, -0.2) is 4.98 Å². The molecule has 3 rings (SSSR count). The van der Waals surface area contributed by atoms with Gasteiger partial charge < -0.3 is 21.1 Å². The number of carboxylic acids is 1. The van der Waals surface area contributed by atoms with E-state index in [-0.39, 0.29) is 18.7 Å². The Morgan fingerprint density at radius 3 is 2.50 bits per heavy atom. The molecule has 2 amide bonds. The van der Waals surface area contributed by atoms with Crippen molar-refractivity contribution in [2.24, 2.45) is 0 Å². The highest BCUT2D eigenvalue weighted by Gasteiger charge is 2.19. The van der Waals surface area contributed by atoms with Crippen molar-refractivity contribution in [3.05, 3.63) is 48.2 Å². The van der Waals surface area contributed by atoms with Gasteiger partial charge in [-0.05, 0) is 43.2 Å². The lowest BCUT2D eigenvalue weighted by atomic mass is 9.95. The zero-order valence-corrected chi connectivity index (χ0v) is 16.7. The second-order valence-corrected chi connectivity index (χ2v) is 7.35. The molecule has 1 aliphatic rings. The first kappa shape index (κ1) is 21.3. The summed E-state index contributed by atoms with van der Waals surface area (Å²) in [6.07, 6.45) is 6.86. The third kappa shape index (κ3) is 6.30. The van der Waals surface area contributed by atoms with Gasteiger partial charge in [-0.1, -0.05) is 25.3 Å². The number of aromatic nitrogens is 1. The Hall–Kier alpha value is -3.42. The number of anilines is 3. The van der Waals surface area contributed by atoms with Gasteiger partial charge in [0.05, 0.1) is 12.0 Å². The summed E-state index contributed by atoms with van der Waals surface area (Å²) in [4.78, 5) is 39.7. The zero-order chi connectivity index (χ0) is 21.3. The molecule has 8 nitrogen and oxygen atoms in total. The molecule has 1 aromatic heterocycles. The lowest BCUT2D eigenvalue weighted by molar-refractivity contribution is -0.138. The molecule has 1 aromatic carbocycles. The molecule has 2 aromatic rings. The monoisotopic (exact) mass is 410 g/mol. The van der Waals surface area contributed by atoms with Crippen LogP contribution in [0, 0.1) is 0 Å². The van der Waals surface area contributed by atoms with Gasteiger partial charge in [0.1, 0.15) is 5.82 Å². The van der Waals surface area contributed by atoms with E-state index in [2.05, 4.69) is 20.9 Å². The van der Waals surface area contributed by atoms with Crippen molar-refractivity contribution < 1.29 is 19.5 Å². The standard InChI is InChI=1S/C22H26N4O4/c27-20(11-12-21(28)29)25-16-9-10-18(24-15-6-2-1-3-7-15)17(14-16)22(30)26-19-8-4-5-13-23-19/h4-5,8-10,13-15,24H,1-3,6-7,11-12H2,(H,25,27)(H,28,29)(H,23,26,30). The molecule has 0 unspecified atom stereocenters. The van der Waals surface area contributed by atoms with E-state index < -0.39 is 11.9 Å². The Balaban J connectivity index is 1.79. The number of carboxylic acid groups (broad SMARTS) is 1. The quantitative estimate of drug-likeness (QED) is 0.524. The van der Waals surface area contributed by atoms with Crippen molar-refractivity contribution in [3.8, 4) is 0 Å². The van der Waals surface area contributed by atoms with Gasteiger partial charge in [0.25, 0.3) is 5.91 Å². The van der Waals surface area contributed by atoms with Crippen molar-refractivity contribution in [2.45, 2.75) is 51.0 Å². The predicted octanol–water partition coefficient (Wildman–Crippen LogP) is 3.88. The minimum Gasteiger partial charge on any atom is -0.481 e. The Kier molecular flexibility index (Phi) is 7.37. The lowest BCUT2D eigenvalue weighted by Gasteiger charge is -2.25. The van der Waals surface area contributed by atoms with Crippen LogP contribution in [0.15, 0.2) is 42.6 Å². The highest BCUT2D eigenvalue weighted by Crippen LogP contribution is 2.27. The number of rotatable bonds is 8. The number of nitrogens with zero attached hydrogens (tertiary/aromatic N) is 1. The molecule has 1 saturated carbocycles. The van der Waals surface area contributed by atoms with Gasteiger partial charge in [-0.3, -0.25) is 14.4 Å². The summed E-state index contributed by atoms with van der Waals surface area (Å²) in [6.45, 7) is 0. The van der Waals surface area contributed by atoms with Crippen LogP contribution in [0.5, 0.6) is 0 Å². The summed E-state index contributed by atoms with van der Waals surface area (Å²) in [5.41, 5.74) is 1.52. The largest absolute Gasteiger partial charge is 0.481 e. The van der Waals surface area contributed by atoms with Crippen molar-refractivity contribution in [1.82, 2.24) is 4.98 Å². The summed E-state index contributed by atoms with van der Waals surface area (Å²) in [5, 5.41) is 17.6. The first-order valence-corrected chi connectivity index (χ1v) is 10.2. The van der Waals surface area contributed by atoms with Gasteiger partial charge in [-0.15, -0.1) is 0 Å². The summed E-state index contributed by atoms with van der Waals surface area (Å²) in [5.74, 6) is -1.36. The van der Waals surface area contributed by atoms with Crippen LogP contribution < -0.4 is 16.0 Å². The first-order chi connectivity index (χ1) is 14.5. The highest BCUT2D eigenvalue weighted by atomic mass is 16.4. The van der Waals surface area contributed by atoms with E-state index in [9.17, 15) is 14.4 Å². The van der Waals surface area contributed by atoms with Gasteiger partial charge in [-0.2, -0.15) is 0 Å². The molecule has 0 aliphatic heterocycles. The summed E-state index contributed by atoms with van der Waals surface area (Å²) < 4.78 is 0. The van der Waals surface area contributed by atoms with Crippen molar-refractivity contribution in [3.63, 3.8) is 0 Å². The fraction of sp³-hybridized carbons (Fsp3) is 0.364. The molecule has 8 heteroatoms. The fourth-order valence-corrected chi connectivity index (χ4v) is 3.47. The SMILES string of the molecule is O=C(O)CCC(=O)Nc1ccc(NC2CCCCC2)c(C(=O)Nc2ccccn2)c1. The number of pyridine rings is 1. The van der Waals surface area contributed by atoms with E-state index >= 15 is 0 Å². The van der Waals surface area contributed by atoms with E-state index in [1.165, 1.54) is 6.42 Å². The van der Waals surface area contributed by atoms with Gasteiger partial charge >= 0.3 is 5.97 Å². The topological polar surface area (TPSA) is 120 Å². The smallest absolute Gasteiger partial charge is 0.303 e. The van der Waals surface area contributed by atoms with Crippen LogP contribution in [0.2, 0.25) is 0 Å². The van der Waals surface area contributed by atoms with Crippen LogP contribution in [0.3, 0.4) is 0 Å². The van der Waals surface area contributed by atoms with E-state index in [4.69, 9.17) is 5.11 Å². The lowest BCUT2D eigenvalue weighted by Crippen LogP contribution is -2.25. The number of carbonyl (C=O) groups is 3. The Morgan fingerprint density at radius 1 is 1.00 bits per heavy atom. The third-order valence-corrected chi connectivity index (χ3v) is 4.99. The van der Waals surface area contributed by atoms with Crippen LogP contribution in [0.25, 0.3) is 0 Å². The maximum Gasteiger partial charge on any atom is 0.303 e. The van der Waals surface area contributed by atoms with Crippen LogP contribution in [-0.4, -0.2) is 33.9 Å². The van der Waals surface area contributed by atoms with Crippen molar-refractivity contribution in [1.29, 1.82) is 0 Å². The minimum atomic E-state index is -1.03. The maximum absolute atomic E-state index is 12.9. The molecular formula is C22H26N4O4. The average molecular weight is 410 g/mol. The summed E-state index contributed by atoms with van der Waals surface area (Å²) in [7, 11) is 0. The molecule has 0 bridgehead atoms. The molecule has 0 saturated heterocycles. The average Bonchev–Trinajstić information content (AvgIpc) is 2.75. The Bertz CT molecular complexity index is 895. The third-order valence-electron chi connectivity index (χ3n) is 4.99. The van der Waals surface area contributed by atoms with E-state index in [0.29, 0.717) is 28.8 Å². The van der Waals surface area contributed by atoms with Gasteiger partial charge in [0.2, 0.25) is 5.91 Å². The van der Waals surface area contributed by atoms with Gasteiger partial charge in [0, 0.05) is 30.0 Å². The number of hydrogen-bond acceptors (Lipinski definition) is 5. The minimum absolute atomic E-state index is 0.132. The van der Waals surface area contributed by atoms with Crippen LogP contribution in [0.4, 0.5) is 17.2 Å². The van der Waals surface area contributed by atoms with Crippen LogP contribution in [-0.2, 0) is 9.59 Å². The van der Waals surface area contributed by atoms with E-state index in [0.717, 1.165) is 25.7 Å². The number of aliphatic carboxylic acids is 1. The van der Waals surface area contributed by atoms with Crippen LogP contribution >= 0.6 is 0 Å². The second kappa shape index (κ2) is 10.4. The van der Waals surface area contributed by atoms with Crippen LogP contribution in [0.1, 0.15) is 55.3 Å². The maximum atomic E-state index is 12.9. The molecule has 158 valence electrons. The highest BCUT2D eigenvalue weighted by molar-refractivity contribution is 6.08. The fourth-order valence-electron chi connectivity index (χ4n) is 3.47. The van der Waals surface area contributed by atoms with Gasteiger partial charge in [0.15, 0.2) is 0 Å². The number of carbonyl (C=O) groups excluding carboxylic acids is 2.